The third-order valence-electron chi connectivity index (χ3n) is 4.61. The van der Waals surface area contributed by atoms with Crippen LogP contribution >= 0.6 is 24.0 Å². The molecule has 3 heterocycles. The number of aliphatic imine (C=N–C) groups is 1. The summed E-state index contributed by atoms with van der Waals surface area (Å²) in [5, 5.41) is 6.76. The van der Waals surface area contributed by atoms with E-state index in [0.717, 1.165) is 36.9 Å². The van der Waals surface area contributed by atoms with Crippen LogP contribution in [0.1, 0.15) is 30.2 Å². The highest BCUT2D eigenvalue weighted by Gasteiger charge is 2.25. The lowest BCUT2D eigenvalue weighted by molar-refractivity contribution is 0.215. The van der Waals surface area contributed by atoms with Crippen LogP contribution in [0.25, 0.3) is 0 Å². The summed E-state index contributed by atoms with van der Waals surface area (Å²) >= 11 is 0. The number of ether oxygens (including phenoxy) is 1. The Bertz CT molecular complexity index is 702. The predicted molar refractivity (Wildman–Crippen MR) is 117 cm³/mol. The van der Waals surface area contributed by atoms with Gasteiger partial charge in [0.05, 0.1) is 19.4 Å². The molecule has 0 radical (unpaired) electrons. The summed E-state index contributed by atoms with van der Waals surface area (Å²) in [5.74, 6) is 2.37. The standard InChI is InChI=1S/C19H27N5O2.HI/c1-20-19(22-13-15-7-8-21-18(12-15)25-2)23-14-16(17-6-5-11-26-17)24-9-3-4-10-24;/h5-8,11-12,16H,3-4,9-10,13-14H2,1-2H3,(H2,20,22,23);1H. The summed E-state index contributed by atoms with van der Waals surface area (Å²) in [6, 6.07) is 8.08. The first kappa shape index (κ1) is 21.5. The number of aromatic nitrogens is 1. The number of pyridine rings is 1. The topological polar surface area (TPSA) is 74.9 Å². The first-order valence-corrected chi connectivity index (χ1v) is 9.01. The van der Waals surface area contributed by atoms with Gasteiger partial charge in [-0.15, -0.1) is 24.0 Å². The van der Waals surface area contributed by atoms with Crippen molar-refractivity contribution < 1.29 is 9.15 Å². The van der Waals surface area contributed by atoms with Crippen LogP contribution in [0.15, 0.2) is 46.1 Å². The van der Waals surface area contributed by atoms with Crippen molar-refractivity contribution in [3.63, 3.8) is 0 Å². The van der Waals surface area contributed by atoms with Gasteiger partial charge in [-0.25, -0.2) is 4.98 Å². The molecule has 2 aromatic rings. The van der Waals surface area contributed by atoms with Crippen LogP contribution in [-0.2, 0) is 6.54 Å². The highest BCUT2D eigenvalue weighted by atomic mass is 127. The maximum atomic E-state index is 5.67. The molecule has 148 valence electrons. The fraction of sp³-hybridized carbons (Fsp3) is 0.474. The van der Waals surface area contributed by atoms with Gasteiger partial charge in [-0.05, 0) is 49.7 Å². The molecule has 1 fully saturated rings. The first-order chi connectivity index (χ1) is 12.8. The van der Waals surface area contributed by atoms with Crippen molar-refractivity contribution in [2.75, 3.05) is 33.8 Å². The van der Waals surface area contributed by atoms with Gasteiger partial charge in [0, 0.05) is 32.4 Å². The molecule has 7 nitrogen and oxygen atoms in total. The van der Waals surface area contributed by atoms with E-state index in [1.165, 1.54) is 12.8 Å². The minimum atomic E-state index is 0. The SMILES string of the molecule is CN=C(NCc1ccnc(OC)c1)NCC(c1ccco1)N1CCCC1.I. The van der Waals surface area contributed by atoms with E-state index in [9.17, 15) is 0 Å². The molecule has 1 atom stereocenters. The molecule has 2 N–H and O–H groups in total. The van der Waals surface area contributed by atoms with Gasteiger partial charge in [0.1, 0.15) is 5.76 Å². The molecule has 2 aromatic heterocycles. The van der Waals surface area contributed by atoms with E-state index >= 15 is 0 Å². The highest BCUT2D eigenvalue weighted by molar-refractivity contribution is 14.0. The molecular weight excluding hydrogens is 457 g/mol. The Morgan fingerprint density at radius 3 is 2.81 bits per heavy atom. The van der Waals surface area contributed by atoms with Crippen molar-refractivity contribution >= 4 is 29.9 Å². The summed E-state index contributed by atoms with van der Waals surface area (Å²) < 4.78 is 10.8. The fourth-order valence-electron chi connectivity index (χ4n) is 3.22. The monoisotopic (exact) mass is 485 g/mol. The molecule has 0 aromatic carbocycles. The van der Waals surface area contributed by atoms with E-state index in [4.69, 9.17) is 9.15 Å². The Kier molecular flexibility index (Phi) is 8.86. The van der Waals surface area contributed by atoms with E-state index < -0.39 is 0 Å². The van der Waals surface area contributed by atoms with Crippen LogP contribution in [0.4, 0.5) is 0 Å². The van der Waals surface area contributed by atoms with Crippen LogP contribution in [0.3, 0.4) is 0 Å². The number of rotatable bonds is 7. The summed E-state index contributed by atoms with van der Waals surface area (Å²) in [6.45, 7) is 3.60. The molecule has 8 heteroatoms. The fourth-order valence-corrected chi connectivity index (χ4v) is 3.22. The van der Waals surface area contributed by atoms with Crippen molar-refractivity contribution in [1.82, 2.24) is 20.5 Å². The second-order valence-electron chi connectivity index (χ2n) is 6.29. The van der Waals surface area contributed by atoms with Gasteiger partial charge in [0.15, 0.2) is 5.96 Å². The Morgan fingerprint density at radius 1 is 1.33 bits per heavy atom. The van der Waals surface area contributed by atoms with E-state index in [-0.39, 0.29) is 30.0 Å². The van der Waals surface area contributed by atoms with Gasteiger partial charge in [-0.2, -0.15) is 0 Å². The Morgan fingerprint density at radius 2 is 2.15 bits per heavy atom. The van der Waals surface area contributed by atoms with E-state index in [2.05, 4.69) is 25.5 Å². The Balaban J connectivity index is 0.00000261. The second-order valence-corrected chi connectivity index (χ2v) is 6.29. The number of nitrogens with one attached hydrogen (secondary N) is 2. The van der Waals surface area contributed by atoms with Crippen molar-refractivity contribution in [3.8, 4) is 5.88 Å². The van der Waals surface area contributed by atoms with Crippen LogP contribution in [0.2, 0.25) is 0 Å². The molecule has 27 heavy (non-hydrogen) atoms. The van der Waals surface area contributed by atoms with Gasteiger partial charge in [0.25, 0.3) is 0 Å². The largest absolute Gasteiger partial charge is 0.481 e. The molecule has 0 bridgehead atoms. The number of hydrogen-bond donors (Lipinski definition) is 2. The molecule has 1 aliphatic rings. The number of guanidine groups is 1. The normalized spacial score (nSPS) is 15.9. The zero-order valence-electron chi connectivity index (χ0n) is 15.9. The number of methoxy groups -OCH3 is 1. The maximum Gasteiger partial charge on any atom is 0.213 e. The van der Waals surface area contributed by atoms with Gasteiger partial charge in [0.2, 0.25) is 5.88 Å². The summed E-state index contributed by atoms with van der Waals surface area (Å²) in [6.07, 6.45) is 5.97. The number of furan rings is 1. The van der Waals surface area contributed by atoms with E-state index in [0.29, 0.717) is 12.4 Å². The number of nitrogens with zero attached hydrogens (tertiary/aromatic N) is 3. The Labute approximate surface area is 177 Å². The molecular formula is C19H28IN5O2. The third-order valence-corrected chi connectivity index (χ3v) is 4.61. The van der Waals surface area contributed by atoms with E-state index in [1.54, 1.807) is 26.6 Å². The van der Waals surface area contributed by atoms with Gasteiger partial charge in [-0.1, -0.05) is 0 Å². The zero-order chi connectivity index (χ0) is 18.2. The molecule has 1 unspecified atom stereocenters. The van der Waals surface area contributed by atoms with E-state index in [1.807, 2.05) is 24.3 Å². The van der Waals surface area contributed by atoms with Crippen molar-refractivity contribution in [3.05, 3.63) is 48.0 Å². The van der Waals surface area contributed by atoms with Crippen LogP contribution in [0.5, 0.6) is 5.88 Å². The maximum absolute atomic E-state index is 5.67. The van der Waals surface area contributed by atoms with Gasteiger partial charge >= 0.3 is 0 Å². The molecule has 1 aliphatic heterocycles. The third kappa shape index (κ3) is 6.10. The van der Waals surface area contributed by atoms with Crippen molar-refractivity contribution in [1.29, 1.82) is 0 Å². The van der Waals surface area contributed by atoms with Crippen molar-refractivity contribution in [2.45, 2.75) is 25.4 Å². The first-order valence-electron chi connectivity index (χ1n) is 9.01. The predicted octanol–water partition coefficient (Wildman–Crippen LogP) is 2.80. The zero-order valence-corrected chi connectivity index (χ0v) is 18.2. The molecule has 0 aliphatic carbocycles. The minimum Gasteiger partial charge on any atom is -0.481 e. The van der Waals surface area contributed by atoms with Gasteiger partial charge in [-0.3, -0.25) is 9.89 Å². The summed E-state index contributed by atoms with van der Waals surface area (Å²) in [4.78, 5) is 10.9. The smallest absolute Gasteiger partial charge is 0.213 e. The van der Waals surface area contributed by atoms with Crippen LogP contribution in [-0.4, -0.2) is 49.6 Å². The molecule has 1 saturated heterocycles. The van der Waals surface area contributed by atoms with Crippen LogP contribution < -0.4 is 15.4 Å². The molecule has 3 rings (SSSR count). The lowest BCUT2D eigenvalue weighted by atomic mass is 10.2. The molecule has 0 spiro atoms. The number of likely N-dealkylation sites (tertiary alicyclic amines) is 1. The summed E-state index contributed by atoms with van der Waals surface area (Å²) in [7, 11) is 3.40. The molecule has 0 amide bonds. The average Bonchev–Trinajstić information content (AvgIpc) is 3.39. The van der Waals surface area contributed by atoms with Gasteiger partial charge < -0.3 is 19.8 Å². The quantitative estimate of drug-likeness (QED) is 0.357. The highest BCUT2D eigenvalue weighted by Crippen LogP contribution is 2.24. The molecule has 0 saturated carbocycles. The van der Waals surface area contributed by atoms with Crippen LogP contribution in [0, 0.1) is 0 Å². The number of halogens is 1. The Hall–Kier alpha value is -1.81. The number of hydrogen-bond acceptors (Lipinski definition) is 5. The van der Waals surface area contributed by atoms with Crippen molar-refractivity contribution in [2.24, 2.45) is 4.99 Å². The average molecular weight is 485 g/mol. The minimum absolute atomic E-state index is 0. The lowest BCUT2D eigenvalue weighted by Gasteiger charge is -2.26. The lowest BCUT2D eigenvalue weighted by Crippen LogP contribution is -2.42. The summed E-state index contributed by atoms with van der Waals surface area (Å²) in [5.41, 5.74) is 1.09. The second kappa shape index (κ2) is 11.1.